The van der Waals surface area contributed by atoms with E-state index in [2.05, 4.69) is 25.9 Å². The number of carbonyl (C=O) groups excluding carboxylic acids is 1. The summed E-state index contributed by atoms with van der Waals surface area (Å²) in [6.07, 6.45) is 3.81. The summed E-state index contributed by atoms with van der Waals surface area (Å²) in [5.41, 5.74) is 1.08. The maximum atomic E-state index is 11.9. The molecule has 0 saturated carbocycles. The molecule has 3 rings (SSSR count). The first-order valence-corrected chi connectivity index (χ1v) is 8.96. The number of hydrogen-bond acceptors (Lipinski definition) is 6. The number of ether oxygens (including phenoxy) is 1. The molecular weight excluding hydrogens is 300 g/mol. The van der Waals surface area contributed by atoms with Crippen molar-refractivity contribution in [2.75, 3.05) is 44.3 Å². The lowest BCUT2D eigenvalue weighted by molar-refractivity contribution is -0.122. The second-order valence-electron chi connectivity index (χ2n) is 5.85. The van der Waals surface area contributed by atoms with Crippen molar-refractivity contribution in [3.05, 3.63) is 11.1 Å². The van der Waals surface area contributed by atoms with Crippen LogP contribution in [0, 0.1) is 0 Å². The van der Waals surface area contributed by atoms with Gasteiger partial charge in [0.05, 0.1) is 18.9 Å². The monoisotopic (exact) mass is 324 g/mol. The molecule has 1 aromatic heterocycles. The molecule has 1 aromatic rings. The van der Waals surface area contributed by atoms with Crippen LogP contribution >= 0.6 is 11.3 Å². The quantitative estimate of drug-likeness (QED) is 0.809. The highest BCUT2D eigenvalue weighted by Crippen LogP contribution is 2.24. The Balaban J connectivity index is 1.36. The number of anilines is 1. The largest absolute Gasteiger partial charge is 0.378 e. The average molecular weight is 324 g/mol. The summed E-state index contributed by atoms with van der Waals surface area (Å²) in [4.78, 5) is 18.9. The average Bonchev–Trinajstić information content (AvgIpc) is 3.19. The van der Waals surface area contributed by atoms with Crippen LogP contribution < -0.4 is 15.5 Å². The van der Waals surface area contributed by atoms with Gasteiger partial charge in [0.25, 0.3) is 0 Å². The van der Waals surface area contributed by atoms with Crippen molar-refractivity contribution < 1.29 is 9.53 Å². The van der Waals surface area contributed by atoms with Crippen LogP contribution in [0.5, 0.6) is 0 Å². The van der Waals surface area contributed by atoms with Gasteiger partial charge in [0.1, 0.15) is 0 Å². The van der Waals surface area contributed by atoms with Crippen molar-refractivity contribution in [1.29, 1.82) is 0 Å². The summed E-state index contributed by atoms with van der Waals surface area (Å²) in [6, 6.07) is 0.148. The first-order valence-electron chi connectivity index (χ1n) is 8.08. The Hall–Kier alpha value is -1.18. The number of rotatable bonds is 6. The van der Waals surface area contributed by atoms with Gasteiger partial charge in [-0.2, -0.15) is 0 Å². The zero-order chi connectivity index (χ0) is 15.2. The molecule has 2 saturated heterocycles. The molecule has 0 aliphatic carbocycles. The minimum atomic E-state index is 0.0815. The Bertz CT molecular complexity index is 482. The van der Waals surface area contributed by atoms with Crippen LogP contribution in [-0.2, 0) is 16.0 Å². The van der Waals surface area contributed by atoms with Crippen molar-refractivity contribution >= 4 is 22.4 Å². The molecule has 22 heavy (non-hydrogen) atoms. The van der Waals surface area contributed by atoms with Crippen LogP contribution in [0.4, 0.5) is 5.13 Å². The van der Waals surface area contributed by atoms with Crippen LogP contribution in [0.3, 0.4) is 0 Å². The minimum Gasteiger partial charge on any atom is -0.378 e. The topological polar surface area (TPSA) is 66.5 Å². The second kappa shape index (κ2) is 7.89. The first kappa shape index (κ1) is 15.7. The normalized spacial score (nSPS) is 22.0. The number of nitrogens with one attached hydrogen (secondary N) is 2. The third-order valence-electron chi connectivity index (χ3n) is 4.05. The van der Waals surface area contributed by atoms with E-state index in [1.165, 1.54) is 12.8 Å². The molecule has 3 heterocycles. The molecule has 0 aromatic carbocycles. The Morgan fingerprint density at radius 2 is 2.36 bits per heavy atom. The van der Waals surface area contributed by atoms with Gasteiger partial charge in [-0.1, -0.05) is 0 Å². The minimum absolute atomic E-state index is 0.0815. The van der Waals surface area contributed by atoms with Gasteiger partial charge in [0, 0.05) is 50.4 Å². The molecule has 1 unspecified atom stereocenters. The van der Waals surface area contributed by atoms with Gasteiger partial charge in [-0.15, -0.1) is 11.3 Å². The van der Waals surface area contributed by atoms with Gasteiger partial charge in [-0.25, -0.2) is 4.98 Å². The maximum absolute atomic E-state index is 11.9. The smallest absolute Gasteiger partial charge is 0.221 e. The van der Waals surface area contributed by atoms with Gasteiger partial charge < -0.3 is 20.3 Å². The van der Waals surface area contributed by atoms with E-state index in [4.69, 9.17) is 4.74 Å². The SMILES string of the molecule is O=C(CC1COCCN1)NCCc1csc(N2CCCC2)n1. The summed E-state index contributed by atoms with van der Waals surface area (Å²) in [7, 11) is 0. The van der Waals surface area contributed by atoms with Crippen molar-refractivity contribution in [2.45, 2.75) is 31.7 Å². The molecule has 1 amide bonds. The zero-order valence-corrected chi connectivity index (χ0v) is 13.7. The van der Waals surface area contributed by atoms with Crippen LogP contribution in [-0.4, -0.2) is 56.3 Å². The van der Waals surface area contributed by atoms with Crippen LogP contribution in [0.1, 0.15) is 25.0 Å². The molecule has 2 N–H and O–H groups in total. The maximum Gasteiger partial charge on any atom is 0.221 e. The molecule has 2 fully saturated rings. The molecule has 122 valence electrons. The number of aromatic nitrogens is 1. The molecular formula is C15H24N4O2S. The molecule has 6 nitrogen and oxygen atoms in total. The van der Waals surface area contributed by atoms with E-state index in [-0.39, 0.29) is 11.9 Å². The molecule has 0 bridgehead atoms. The zero-order valence-electron chi connectivity index (χ0n) is 12.8. The fraction of sp³-hybridized carbons (Fsp3) is 0.733. The highest BCUT2D eigenvalue weighted by Gasteiger charge is 2.17. The Labute approximate surface area is 135 Å². The van der Waals surface area contributed by atoms with Gasteiger partial charge in [-0.3, -0.25) is 4.79 Å². The Morgan fingerprint density at radius 1 is 1.50 bits per heavy atom. The Morgan fingerprint density at radius 3 is 3.14 bits per heavy atom. The standard InChI is InChI=1S/C15H24N4O2S/c20-14(9-13-10-21-8-5-16-13)17-4-3-12-11-22-15(18-12)19-6-1-2-7-19/h11,13,16H,1-10H2,(H,17,20). The number of carbonyl (C=O) groups is 1. The van der Waals surface area contributed by atoms with Gasteiger partial charge in [-0.05, 0) is 12.8 Å². The summed E-state index contributed by atoms with van der Waals surface area (Å²) in [5, 5.41) is 9.50. The molecule has 1 atom stereocenters. The van der Waals surface area contributed by atoms with Gasteiger partial charge in [0.15, 0.2) is 5.13 Å². The van der Waals surface area contributed by atoms with E-state index in [1.807, 2.05) is 0 Å². The third-order valence-corrected chi connectivity index (χ3v) is 5.00. The first-order chi connectivity index (χ1) is 10.8. The van der Waals surface area contributed by atoms with Gasteiger partial charge >= 0.3 is 0 Å². The van der Waals surface area contributed by atoms with E-state index in [1.54, 1.807) is 11.3 Å². The van der Waals surface area contributed by atoms with E-state index >= 15 is 0 Å². The fourth-order valence-corrected chi connectivity index (χ4v) is 3.76. The van der Waals surface area contributed by atoms with Crippen LogP contribution in [0.25, 0.3) is 0 Å². The fourth-order valence-electron chi connectivity index (χ4n) is 2.84. The summed E-state index contributed by atoms with van der Waals surface area (Å²) in [6.45, 7) is 5.09. The number of hydrogen-bond donors (Lipinski definition) is 2. The second-order valence-corrected chi connectivity index (χ2v) is 6.68. The molecule has 7 heteroatoms. The molecule has 0 radical (unpaired) electrons. The van der Waals surface area contributed by atoms with E-state index in [9.17, 15) is 4.79 Å². The highest BCUT2D eigenvalue weighted by atomic mass is 32.1. The van der Waals surface area contributed by atoms with Gasteiger partial charge in [0.2, 0.25) is 5.91 Å². The van der Waals surface area contributed by atoms with Crippen molar-refractivity contribution in [3.8, 4) is 0 Å². The third kappa shape index (κ3) is 4.41. The lowest BCUT2D eigenvalue weighted by Crippen LogP contribution is -2.44. The number of amides is 1. The predicted octanol–water partition coefficient (Wildman–Crippen LogP) is 0.780. The molecule has 0 spiro atoms. The van der Waals surface area contributed by atoms with E-state index < -0.39 is 0 Å². The van der Waals surface area contributed by atoms with E-state index in [0.29, 0.717) is 19.6 Å². The van der Waals surface area contributed by atoms with Crippen LogP contribution in [0.2, 0.25) is 0 Å². The predicted molar refractivity (Wildman–Crippen MR) is 87.5 cm³/mol. The number of thiazole rings is 1. The van der Waals surface area contributed by atoms with E-state index in [0.717, 1.165) is 43.5 Å². The summed E-state index contributed by atoms with van der Waals surface area (Å²) in [5.74, 6) is 0.0815. The van der Waals surface area contributed by atoms with Crippen LogP contribution in [0.15, 0.2) is 5.38 Å². The van der Waals surface area contributed by atoms with Crippen molar-refractivity contribution in [2.24, 2.45) is 0 Å². The van der Waals surface area contributed by atoms with Crippen molar-refractivity contribution in [1.82, 2.24) is 15.6 Å². The summed E-state index contributed by atoms with van der Waals surface area (Å²) < 4.78 is 5.35. The lowest BCUT2D eigenvalue weighted by atomic mass is 10.2. The summed E-state index contributed by atoms with van der Waals surface area (Å²) >= 11 is 1.71. The lowest BCUT2D eigenvalue weighted by Gasteiger charge is -2.23. The Kier molecular flexibility index (Phi) is 5.64. The van der Waals surface area contributed by atoms with Crippen molar-refractivity contribution in [3.63, 3.8) is 0 Å². The molecule has 2 aliphatic heterocycles. The highest BCUT2D eigenvalue weighted by molar-refractivity contribution is 7.13. The number of nitrogens with zero attached hydrogens (tertiary/aromatic N) is 2. The molecule has 2 aliphatic rings. The number of morpholine rings is 1.